The molecule has 15 heavy (non-hydrogen) atoms. The Kier molecular flexibility index (Phi) is 3.39. The van der Waals surface area contributed by atoms with E-state index in [-0.39, 0.29) is 0 Å². The van der Waals surface area contributed by atoms with Crippen molar-refractivity contribution in [2.45, 2.75) is 6.42 Å². The lowest BCUT2D eigenvalue weighted by molar-refractivity contribution is 1.40. The molecule has 0 bridgehead atoms. The monoisotopic (exact) mass is 232 g/mol. The number of hydrogen-bond donors (Lipinski definition) is 0. The smallest absolute Gasteiger partial charge is 0.0259 e. The van der Waals surface area contributed by atoms with Crippen LogP contribution >= 0.6 is 23.5 Å². The fourth-order valence-corrected chi connectivity index (χ4v) is 3.56. The van der Waals surface area contributed by atoms with Crippen LogP contribution in [0, 0.1) is 0 Å². The first kappa shape index (κ1) is 10.7. The molecule has 0 fully saturated rings. The van der Waals surface area contributed by atoms with Crippen molar-refractivity contribution in [2.24, 2.45) is 0 Å². The highest BCUT2D eigenvalue weighted by Gasteiger charge is 2.16. The second kappa shape index (κ2) is 4.77. The Balaban J connectivity index is 2.36. The van der Waals surface area contributed by atoms with Crippen LogP contribution in [-0.2, 0) is 0 Å². The lowest BCUT2D eigenvalue weighted by Gasteiger charge is -2.17. The maximum Gasteiger partial charge on any atom is 0.0259 e. The van der Waals surface area contributed by atoms with Crippen molar-refractivity contribution in [3.63, 3.8) is 0 Å². The predicted molar refractivity (Wildman–Crippen MR) is 72.5 cm³/mol. The van der Waals surface area contributed by atoms with E-state index < -0.39 is 0 Å². The molecule has 1 aliphatic carbocycles. The molecule has 2 rings (SSSR count). The lowest BCUT2D eigenvalue weighted by atomic mass is 10.4. The molecule has 2 aliphatic rings. The number of hydrogen-bond acceptors (Lipinski definition) is 2. The number of thioether (sulfide) groups is 2. The lowest BCUT2D eigenvalue weighted by Crippen LogP contribution is -1.89. The molecule has 0 unspecified atom stereocenters. The van der Waals surface area contributed by atoms with E-state index in [2.05, 4.69) is 37.5 Å². The summed E-state index contributed by atoms with van der Waals surface area (Å²) < 4.78 is 0. The molecular formula is C13H12S2. The molecular weight excluding hydrogens is 220 g/mol. The molecule has 2 heteroatoms. The average Bonchev–Trinajstić information content (AvgIpc) is 2.51. The second-order valence-electron chi connectivity index (χ2n) is 3.11. The van der Waals surface area contributed by atoms with Gasteiger partial charge in [-0.3, -0.25) is 0 Å². The van der Waals surface area contributed by atoms with Gasteiger partial charge in [-0.25, -0.2) is 0 Å². The molecule has 0 radical (unpaired) electrons. The fourth-order valence-electron chi connectivity index (χ4n) is 1.38. The van der Waals surface area contributed by atoms with E-state index in [1.165, 1.54) is 19.6 Å². The first-order chi connectivity index (χ1) is 7.35. The molecule has 0 aromatic rings. The Hall–Kier alpha value is -0.860. The number of rotatable bonds is 2. The van der Waals surface area contributed by atoms with Gasteiger partial charge in [-0.05, 0) is 6.42 Å². The van der Waals surface area contributed by atoms with Crippen LogP contribution in [0.15, 0.2) is 69.2 Å². The highest BCUT2D eigenvalue weighted by molar-refractivity contribution is 8.14. The summed E-state index contributed by atoms with van der Waals surface area (Å²) in [6, 6.07) is 0. The van der Waals surface area contributed by atoms with E-state index in [0.717, 1.165) is 6.42 Å². The highest BCUT2D eigenvalue weighted by Crippen LogP contribution is 2.47. The van der Waals surface area contributed by atoms with Crippen molar-refractivity contribution in [2.75, 3.05) is 0 Å². The van der Waals surface area contributed by atoms with Gasteiger partial charge in [0.15, 0.2) is 0 Å². The van der Waals surface area contributed by atoms with Crippen LogP contribution in [0.4, 0.5) is 0 Å². The molecule has 0 N–H and O–H groups in total. The van der Waals surface area contributed by atoms with Gasteiger partial charge in [0.25, 0.3) is 0 Å². The molecule has 76 valence electrons. The van der Waals surface area contributed by atoms with E-state index in [4.69, 9.17) is 0 Å². The van der Waals surface area contributed by atoms with Gasteiger partial charge < -0.3 is 0 Å². The average molecular weight is 232 g/mol. The Morgan fingerprint density at radius 2 is 1.40 bits per heavy atom. The fraction of sp³-hybridized carbons (Fsp3) is 0.0769. The van der Waals surface area contributed by atoms with Crippen molar-refractivity contribution >= 4 is 23.5 Å². The third-order valence-electron chi connectivity index (χ3n) is 2.11. The Morgan fingerprint density at radius 3 is 1.80 bits per heavy atom. The van der Waals surface area contributed by atoms with Gasteiger partial charge in [-0.2, -0.15) is 0 Å². The summed E-state index contributed by atoms with van der Waals surface area (Å²) in [4.78, 5) is 5.03. The van der Waals surface area contributed by atoms with Crippen molar-refractivity contribution in [3.05, 3.63) is 69.2 Å². The van der Waals surface area contributed by atoms with Crippen LogP contribution in [-0.4, -0.2) is 0 Å². The molecule has 0 atom stereocenters. The largest absolute Gasteiger partial charge is 0.0979 e. The van der Waals surface area contributed by atoms with Gasteiger partial charge >= 0.3 is 0 Å². The zero-order chi connectivity index (χ0) is 10.7. The standard InChI is InChI=1S/C13H12S2/c1-3-10-11(4-2)15-13-9-7-5-6-8-12(13)14-10/h3-4,6-9H,1-2,5H2. The summed E-state index contributed by atoms with van der Waals surface area (Å²) in [5.41, 5.74) is 0. The summed E-state index contributed by atoms with van der Waals surface area (Å²) >= 11 is 3.54. The number of allylic oxidation sites excluding steroid dienone is 6. The van der Waals surface area contributed by atoms with E-state index in [1.807, 2.05) is 12.2 Å². The van der Waals surface area contributed by atoms with Gasteiger partial charge in [-0.15, -0.1) is 0 Å². The summed E-state index contributed by atoms with van der Waals surface area (Å²) in [6.07, 6.45) is 13.6. The van der Waals surface area contributed by atoms with Crippen LogP contribution in [0.25, 0.3) is 0 Å². The van der Waals surface area contributed by atoms with Gasteiger partial charge in [0, 0.05) is 19.6 Å². The maximum absolute atomic E-state index is 3.84. The molecule has 0 aromatic heterocycles. The molecule has 0 spiro atoms. The van der Waals surface area contributed by atoms with Crippen LogP contribution in [0.3, 0.4) is 0 Å². The van der Waals surface area contributed by atoms with Crippen LogP contribution in [0.1, 0.15) is 6.42 Å². The predicted octanol–water partition coefficient (Wildman–Crippen LogP) is 4.78. The molecule has 0 saturated heterocycles. The molecule has 0 amide bonds. The third kappa shape index (κ3) is 2.21. The van der Waals surface area contributed by atoms with E-state index >= 15 is 0 Å². The normalized spacial score (nSPS) is 20.0. The minimum atomic E-state index is 1.01. The van der Waals surface area contributed by atoms with Gasteiger partial charge in [-0.1, -0.05) is 73.1 Å². The van der Waals surface area contributed by atoms with Crippen LogP contribution in [0.5, 0.6) is 0 Å². The van der Waals surface area contributed by atoms with Crippen LogP contribution < -0.4 is 0 Å². The second-order valence-corrected chi connectivity index (χ2v) is 5.28. The summed E-state index contributed by atoms with van der Waals surface area (Å²) in [6.45, 7) is 7.68. The molecule has 0 nitrogen and oxygen atoms in total. The van der Waals surface area contributed by atoms with Crippen molar-refractivity contribution in [3.8, 4) is 0 Å². The molecule has 1 heterocycles. The Labute approximate surface area is 99.2 Å². The zero-order valence-corrected chi connectivity index (χ0v) is 10.0. The van der Waals surface area contributed by atoms with Crippen molar-refractivity contribution in [1.82, 2.24) is 0 Å². The van der Waals surface area contributed by atoms with Crippen molar-refractivity contribution in [1.29, 1.82) is 0 Å². The zero-order valence-electron chi connectivity index (χ0n) is 8.40. The molecule has 1 aliphatic heterocycles. The molecule has 0 aromatic carbocycles. The Bertz CT molecular complexity index is 382. The Morgan fingerprint density at radius 1 is 0.933 bits per heavy atom. The van der Waals surface area contributed by atoms with Gasteiger partial charge in [0.1, 0.15) is 0 Å². The first-order valence-electron chi connectivity index (χ1n) is 4.77. The summed E-state index contributed by atoms with van der Waals surface area (Å²) in [5, 5.41) is 0. The van der Waals surface area contributed by atoms with E-state index in [0.29, 0.717) is 0 Å². The summed E-state index contributed by atoms with van der Waals surface area (Å²) in [7, 11) is 0. The minimum Gasteiger partial charge on any atom is -0.0979 e. The van der Waals surface area contributed by atoms with Crippen LogP contribution in [0.2, 0.25) is 0 Å². The van der Waals surface area contributed by atoms with Gasteiger partial charge in [0.2, 0.25) is 0 Å². The SMILES string of the molecule is C=CC1=C(C=C)SC2=C(C=CCC=C2)S1. The van der Waals surface area contributed by atoms with Crippen molar-refractivity contribution < 1.29 is 0 Å². The van der Waals surface area contributed by atoms with Gasteiger partial charge in [0.05, 0.1) is 0 Å². The van der Waals surface area contributed by atoms with E-state index in [9.17, 15) is 0 Å². The maximum atomic E-state index is 3.84. The van der Waals surface area contributed by atoms with E-state index in [1.54, 1.807) is 23.5 Å². The summed E-state index contributed by atoms with van der Waals surface area (Å²) in [5.74, 6) is 0. The first-order valence-corrected chi connectivity index (χ1v) is 6.40. The third-order valence-corrected chi connectivity index (χ3v) is 4.73. The topological polar surface area (TPSA) is 0 Å². The molecule has 0 saturated carbocycles. The highest BCUT2D eigenvalue weighted by atomic mass is 32.2. The minimum absolute atomic E-state index is 1.01. The quantitative estimate of drug-likeness (QED) is 0.672.